The first-order valence-electron chi connectivity index (χ1n) is 11.9. The van der Waals surface area contributed by atoms with Gasteiger partial charge < -0.3 is 4.43 Å². The molecule has 0 radical (unpaired) electrons. The summed E-state index contributed by atoms with van der Waals surface area (Å²) in [5, 5.41) is 0. The fraction of sp³-hybridized carbons (Fsp3) is 0.920. The van der Waals surface area contributed by atoms with Crippen molar-refractivity contribution in [3.8, 4) is 0 Å². The van der Waals surface area contributed by atoms with E-state index in [1.165, 1.54) is 57.8 Å². The molecule has 0 aromatic heterocycles. The van der Waals surface area contributed by atoms with E-state index in [0.717, 1.165) is 17.8 Å². The molecule has 4 fully saturated rings. The second-order valence-corrected chi connectivity index (χ2v) is 16.7. The highest BCUT2D eigenvalue weighted by Crippen LogP contribution is 2.72. The van der Waals surface area contributed by atoms with Crippen LogP contribution < -0.4 is 0 Å². The van der Waals surface area contributed by atoms with Gasteiger partial charge in [-0.15, -0.1) is 0 Å². The van der Waals surface area contributed by atoms with Crippen LogP contribution in [0.15, 0.2) is 11.6 Å². The molecule has 0 N–H and O–H groups in total. The number of allylic oxidation sites excluding steroid dienone is 2. The minimum atomic E-state index is -1.42. The van der Waals surface area contributed by atoms with Crippen molar-refractivity contribution in [2.75, 3.05) is 0 Å². The van der Waals surface area contributed by atoms with E-state index in [0.29, 0.717) is 22.3 Å². The molecule has 0 aromatic rings. The van der Waals surface area contributed by atoms with Gasteiger partial charge in [-0.3, -0.25) is 0 Å². The standard InChI is InChI=1S/C25H44OSi/c1-8-18-11-15-25(4)22-10-9-19-17-20(26-27(5,6)7)12-14-23(19,2)21(22)13-16-24(18,25)3/h8,19-22H,9-17H2,1-7H3/b18-8+/t19?,20-,21?,22?,23-,24+,25-/m0/s1. The van der Waals surface area contributed by atoms with Crippen molar-refractivity contribution in [2.45, 2.75) is 111 Å². The molecule has 0 spiro atoms. The SMILES string of the molecule is C/C=C1\CC[C@@]2(C)C3CCC4C[C@@H](O[Si](C)(C)C)CC[C@]4(C)C3CC[C@]12C. The molecular weight excluding hydrogens is 344 g/mol. The maximum absolute atomic E-state index is 6.57. The third-order valence-corrected chi connectivity index (χ3v) is 11.2. The van der Waals surface area contributed by atoms with Gasteiger partial charge in [-0.2, -0.15) is 0 Å². The van der Waals surface area contributed by atoms with E-state index in [9.17, 15) is 0 Å². The van der Waals surface area contributed by atoms with E-state index in [4.69, 9.17) is 4.43 Å². The Morgan fingerprint density at radius 2 is 1.67 bits per heavy atom. The molecule has 0 saturated heterocycles. The van der Waals surface area contributed by atoms with Gasteiger partial charge in [0, 0.05) is 6.10 Å². The Bertz CT molecular complexity index is 618. The third kappa shape index (κ3) is 2.95. The van der Waals surface area contributed by atoms with E-state index >= 15 is 0 Å². The lowest BCUT2D eigenvalue weighted by molar-refractivity contribution is -0.147. The summed E-state index contributed by atoms with van der Waals surface area (Å²) in [7, 11) is -1.42. The Morgan fingerprint density at radius 3 is 2.33 bits per heavy atom. The van der Waals surface area contributed by atoms with Crippen LogP contribution in [-0.2, 0) is 4.43 Å². The zero-order valence-corrected chi connectivity index (χ0v) is 20.2. The number of fused-ring (bicyclic) bond motifs is 5. The molecule has 0 bridgehead atoms. The van der Waals surface area contributed by atoms with E-state index in [-0.39, 0.29) is 0 Å². The maximum atomic E-state index is 6.57. The van der Waals surface area contributed by atoms with Gasteiger partial charge in [0.2, 0.25) is 0 Å². The van der Waals surface area contributed by atoms with Gasteiger partial charge in [-0.05, 0) is 118 Å². The highest BCUT2D eigenvalue weighted by atomic mass is 28.4. The summed E-state index contributed by atoms with van der Waals surface area (Å²) >= 11 is 0. The molecule has 27 heavy (non-hydrogen) atoms. The van der Waals surface area contributed by atoms with E-state index in [1.54, 1.807) is 5.57 Å². The summed E-state index contributed by atoms with van der Waals surface area (Å²) in [5.74, 6) is 2.81. The lowest BCUT2D eigenvalue weighted by Crippen LogP contribution is -2.57. The zero-order chi connectivity index (χ0) is 19.7. The predicted molar refractivity (Wildman–Crippen MR) is 118 cm³/mol. The minimum absolute atomic E-state index is 0.476. The third-order valence-electron chi connectivity index (χ3n) is 10.2. The molecule has 4 rings (SSSR count). The largest absolute Gasteiger partial charge is 0.415 e. The molecule has 0 amide bonds. The molecular formula is C25H44OSi. The van der Waals surface area contributed by atoms with Crippen LogP contribution in [0.3, 0.4) is 0 Å². The fourth-order valence-corrected chi connectivity index (χ4v) is 9.73. The van der Waals surface area contributed by atoms with Crippen LogP contribution >= 0.6 is 0 Å². The second kappa shape index (κ2) is 6.46. The Hall–Kier alpha value is -0.0831. The highest BCUT2D eigenvalue weighted by molar-refractivity contribution is 6.69. The summed E-state index contributed by atoms with van der Waals surface area (Å²) in [4.78, 5) is 0. The molecule has 2 heteroatoms. The fourth-order valence-electron chi connectivity index (χ4n) is 8.52. The molecule has 1 nitrogen and oxygen atoms in total. The van der Waals surface area contributed by atoms with Gasteiger partial charge in [0.25, 0.3) is 0 Å². The molecule has 0 aromatic carbocycles. The Morgan fingerprint density at radius 1 is 0.926 bits per heavy atom. The van der Waals surface area contributed by atoms with Crippen LogP contribution in [0.25, 0.3) is 0 Å². The Balaban J connectivity index is 1.57. The molecule has 3 unspecified atom stereocenters. The molecule has 154 valence electrons. The highest BCUT2D eigenvalue weighted by Gasteiger charge is 2.64. The molecule has 7 atom stereocenters. The number of rotatable bonds is 2. The first kappa shape index (κ1) is 20.2. The van der Waals surface area contributed by atoms with Gasteiger partial charge >= 0.3 is 0 Å². The van der Waals surface area contributed by atoms with Crippen LogP contribution in [0.4, 0.5) is 0 Å². The topological polar surface area (TPSA) is 9.23 Å². The molecule has 4 aliphatic carbocycles. The van der Waals surface area contributed by atoms with Crippen LogP contribution in [0.5, 0.6) is 0 Å². The summed E-state index contributed by atoms with van der Waals surface area (Å²) in [6.07, 6.45) is 15.7. The lowest BCUT2D eigenvalue weighted by atomic mass is 9.41. The minimum Gasteiger partial charge on any atom is -0.415 e. The van der Waals surface area contributed by atoms with Gasteiger partial charge in [0.05, 0.1) is 0 Å². The van der Waals surface area contributed by atoms with Crippen molar-refractivity contribution in [1.29, 1.82) is 0 Å². The second-order valence-electron chi connectivity index (χ2n) is 12.2. The smallest absolute Gasteiger partial charge is 0.184 e. The van der Waals surface area contributed by atoms with Crippen molar-refractivity contribution >= 4 is 8.32 Å². The van der Waals surface area contributed by atoms with E-state index in [1.807, 2.05) is 0 Å². The average Bonchev–Trinajstić information content (AvgIpc) is 2.85. The maximum Gasteiger partial charge on any atom is 0.184 e. The van der Waals surface area contributed by atoms with Gasteiger partial charge in [0.1, 0.15) is 0 Å². The van der Waals surface area contributed by atoms with Crippen LogP contribution in [0.1, 0.15) is 85.5 Å². The summed E-state index contributed by atoms with van der Waals surface area (Å²) in [5.41, 5.74) is 3.37. The van der Waals surface area contributed by atoms with Crippen molar-refractivity contribution in [2.24, 2.45) is 34.0 Å². The quantitative estimate of drug-likeness (QED) is 0.350. The number of hydrogen-bond acceptors (Lipinski definition) is 1. The summed E-state index contributed by atoms with van der Waals surface area (Å²) < 4.78 is 6.57. The lowest BCUT2D eigenvalue weighted by Gasteiger charge is -2.64. The van der Waals surface area contributed by atoms with Crippen molar-refractivity contribution in [3.63, 3.8) is 0 Å². The van der Waals surface area contributed by atoms with Crippen LogP contribution in [0.2, 0.25) is 19.6 Å². The molecule has 4 saturated carbocycles. The molecule has 0 aliphatic heterocycles. The zero-order valence-electron chi connectivity index (χ0n) is 19.2. The first-order chi connectivity index (χ1) is 12.5. The summed E-state index contributed by atoms with van der Waals surface area (Å²) in [6.45, 7) is 17.4. The van der Waals surface area contributed by atoms with E-state index < -0.39 is 8.32 Å². The normalized spacial score (nSPS) is 51.6. The van der Waals surface area contributed by atoms with Gasteiger partial charge in [0.15, 0.2) is 8.32 Å². The summed E-state index contributed by atoms with van der Waals surface area (Å²) in [6, 6.07) is 0. The number of hydrogen-bond donors (Lipinski definition) is 0. The van der Waals surface area contributed by atoms with Crippen molar-refractivity contribution < 1.29 is 4.43 Å². The monoisotopic (exact) mass is 388 g/mol. The van der Waals surface area contributed by atoms with Crippen LogP contribution in [0, 0.1) is 34.0 Å². The Labute approximate surface area is 169 Å². The van der Waals surface area contributed by atoms with Gasteiger partial charge in [-0.1, -0.05) is 32.4 Å². The van der Waals surface area contributed by atoms with E-state index in [2.05, 4.69) is 53.4 Å². The van der Waals surface area contributed by atoms with Crippen LogP contribution in [-0.4, -0.2) is 14.4 Å². The van der Waals surface area contributed by atoms with Gasteiger partial charge in [-0.25, -0.2) is 0 Å². The van der Waals surface area contributed by atoms with Crippen molar-refractivity contribution in [3.05, 3.63) is 11.6 Å². The molecule has 4 aliphatic rings. The first-order valence-corrected chi connectivity index (χ1v) is 15.3. The predicted octanol–water partition coefficient (Wildman–Crippen LogP) is 7.59. The average molecular weight is 389 g/mol. The Kier molecular flexibility index (Phi) is 4.83. The molecule has 0 heterocycles. The van der Waals surface area contributed by atoms with Crippen molar-refractivity contribution in [1.82, 2.24) is 0 Å².